The Hall–Kier alpha value is -0.910. The number of nitrogens with zero attached hydrogens (tertiary/aromatic N) is 1. The average Bonchev–Trinajstić information content (AvgIpc) is 2.53. The van der Waals surface area contributed by atoms with Gasteiger partial charge in [-0.1, -0.05) is 20.8 Å². The number of methoxy groups -OCH3 is 1. The lowest BCUT2D eigenvalue weighted by Gasteiger charge is -2.32. The van der Waals surface area contributed by atoms with E-state index in [9.17, 15) is 13.8 Å². The first-order chi connectivity index (χ1) is 7.32. The van der Waals surface area contributed by atoms with Crippen LogP contribution in [0.5, 0.6) is 0 Å². The Kier molecular flexibility index (Phi) is 3.72. The highest BCUT2D eigenvalue weighted by atomic mass is 32.2. The molecule has 0 aromatic heterocycles. The van der Waals surface area contributed by atoms with Gasteiger partial charge in [0, 0.05) is 10.8 Å². The zero-order chi connectivity index (χ0) is 12.5. The van der Waals surface area contributed by atoms with Gasteiger partial charge in [-0.2, -0.15) is 0 Å². The molecule has 5 nitrogen and oxygen atoms in total. The van der Waals surface area contributed by atoms with Gasteiger partial charge in [-0.05, 0) is 5.41 Å². The molecule has 0 N–H and O–H groups in total. The van der Waals surface area contributed by atoms with Gasteiger partial charge in [-0.25, -0.2) is 4.79 Å². The van der Waals surface area contributed by atoms with Crippen LogP contribution in [0.4, 0.5) is 0 Å². The second-order valence-electron chi connectivity index (χ2n) is 4.86. The van der Waals surface area contributed by atoms with E-state index in [-0.39, 0.29) is 11.2 Å². The summed E-state index contributed by atoms with van der Waals surface area (Å²) in [5, 5.41) is -0.436. The Morgan fingerprint density at radius 3 is 2.44 bits per heavy atom. The summed E-state index contributed by atoms with van der Waals surface area (Å²) in [6, 6.07) is -0.715. The lowest BCUT2D eigenvalue weighted by Crippen LogP contribution is -2.46. The smallest absolute Gasteiger partial charge is 0.329 e. The Morgan fingerprint density at radius 2 is 2.06 bits per heavy atom. The van der Waals surface area contributed by atoms with E-state index in [0.717, 1.165) is 0 Å². The van der Waals surface area contributed by atoms with Gasteiger partial charge in [0.15, 0.2) is 0 Å². The van der Waals surface area contributed by atoms with Crippen molar-refractivity contribution < 1.29 is 18.5 Å². The van der Waals surface area contributed by atoms with Crippen LogP contribution in [0.3, 0.4) is 0 Å². The second-order valence-corrected chi connectivity index (χ2v) is 6.40. The highest BCUT2D eigenvalue weighted by molar-refractivity contribution is 7.86. The van der Waals surface area contributed by atoms with E-state index in [1.54, 1.807) is 0 Å². The fourth-order valence-electron chi connectivity index (χ4n) is 1.93. The Labute approximate surface area is 97.6 Å². The van der Waals surface area contributed by atoms with Crippen molar-refractivity contribution in [3.63, 3.8) is 0 Å². The van der Waals surface area contributed by atoms with Gasteiger partial charge >= 0.3 is 5.97 Å². The van der Waals surface area contributed by atoms with Crippen LogP contribution in [-0.2, 0) is 25.1 Å². The molecule has 1 unspecified atom stereocenters. The van der Waals surface area contributed by atoms with Crippen LogP contribution < -0.4 is 0 Å². The van der Waals surface area contributed by atoms with Gasteiger partial charge in [0.25, 0.3) is 0 Å². The van der Waals surface area contributed by atoms with Crippen LogP contribution in [0.1, 0.15) is 20.8 Å². The third-order valence-electron chi connectivity index (χ3n) is 2.54. The molecular weight excluding hydrogens is 230 g/mol. The van der Waals surface area contributed by atoms with Crippen molar-refractivity contribution in [2.24, 2.45) is 5.41 Å². The molecule has 16 heavy (non-hydrogen) atoms. The molecule has 92 valence electrons. The van der Waals surface area contributed by atoms with Gasteiger partial charge in [-0.15, -0.1) is 0 Å². The maximum atomic E-state index is 11.9. The fourth-order valence-corrected chi connectivity index (χ4v) is 3.99. The normalized spacial score (nSPS) is 30.2. The molecule has 1 amide bonds. The predicted octanol–water partition coefficient (Wildman–Crippen LogP) is 0.121. The van der Waals surface area contributed by atoms with Gasteiger partial charge in [0.05, 0.1) is 12.9 Å². The van der Waals surface area contributed by atoms with Crippen molar-refractivity contribution in [1.29, 1.82) is 0 Å². The molecule has 0 radical (unpaired) electrons. The zero-order valence-electron chi connectivity index (χ0n) is 9.93. The first-order valence-electron chi connectivity index (χ1n) is 5.00. The number of hydrogen-bond acceptors (Lipinski definition) is 4. The minimum absolute atomic E-state index is 0.160. The number of carbonyl (C=O) groups is 2. The average molecular weight is 247 g/mol. The molecular formula is C10H17NO4S. The summed E-state index contributed by atoms with van der Waals surface area (Å²) in [5.41, 5.74) is -0.325. The van der Waals surface area contributed by atoms with E-state index in [4.69, 9.17) is 0 Å². The second kappa shape index (κ2) is 4.53. The van der Waals surface area contributed by atoms with Crippen LogP contribution in [0.25, 0.3) is 0 Å². The van der Waals surface area contributed by atoms with Crippen LogP contribution >= 0.6 is 0 Å². The molecule has 0 spiro atoms. The fraction of sp³-hybridized carbons (Fsp3) is 0.800. The summed E-state index contributed by atoms with van der Waals surface area (Å²) in [5.74, 6) is -0.347. The molecule has 1 saturated heterocycles. The third kappa shape index (κ3) is 2.26. The van der Waals surface area contributed by atoms with Crippen molar-refractivity contribution in [2.75, 3.05) is 12.9 Å². The molecule has 0 aromatic rings. The number of hydrogen-bond donors (Lipinski definition) is 0. The van der Waals surface area contributed by atoms with Crippen LogP contribution in [0.2, 0.25) is 0 Å². The Balaban J connectivity index is 3.01. The third-order valence-corrected chi connectivity index (χ3v) is 4.63. The van der Waals surface area contributed by atoms with Crippen molar-refractivity contribution >= 4 is 23.2 Å². The van der Waals surface area contributed by atoms with E-state index in [1.807, 2.05) is 20.8 Å². The maximum absolute atomic E-state index is 11.9. The van der Waals surface area contributed by atoms with Crippen molar-refractivity contribution in [2.45, 2.75) is 32.2 Å². The monoisotopic (exact) mass is 247 g/mol. The lowest BCUT2D eigenvalue weighted by atomic mass is 9.95. The first kappa shape index (κ1) is 13.2. The van der Waals surface area contributed by atoms with Crippen LogP contribution in [0.15, 0.2) is 0 Å². The van der Waals surface area contributed by atoms with Gasteiger partial charge in [0.2, 0.25) is 6.41 Å². The van der Waals surface area contributed by atoms with Gasteiger partial charge in [0.1, 0.15) is 11.4 Å². The number of rotatable bonds is 2. The van der Waals surface area contributed by atoms with E-state index in [0.29, 0.717) is 6.41 Å². The summed E-state index contributed by atoms with van der Waals surface area (Å²) >= 11 is 0. The molecule has 0 aromatic carbocycles. The molecule has 1 rings (SSSR count). The molecule has 6 heteroatoms. The van der Waals surface area contributed by atoms with E-state index >= 15 is 0 Å². The van der Waals surface area contributed by atoms with Crippen LogP contribution in [0, 0.1) is 5.41 Å². The Bertz CT molecular complexity index is 323. The molecule has 3 atom stereocenters. The number of ether oxygens (including phenoxy) is 1. The largest absolute Gasteiger partial charge is 0.467 e. The van der Waals surface area contributed by atoms with E-state index in [2.05, 4.69) is 4.74 Å². The number of amides is 1. The lowest BCUT2D eigenvalue weighted by molar-refractivity contribution is -0.149. The van der Waals surface area contributed by atoms with E-state index in [1.165, 1.54) is 12.0 Å². The quantitative estimate of drug-likeness (QED) is 0.513. The van der Waals surface area contributed by atoms with Crippen LogP contribution in [-0.4, -0.2) is 45.8 Å². The van der Waals surface area contributed by atoms with Crippen molar-refractivity contribution in [3.8, 4) is 0 Å². The summed E-state index contributed by atoms with van der Waals surface area (Å²) in [6.07, 6.45) is 0.586. The molecule has 0 aliphatic carbocycles. The molecule has 1 heterocycles. The van der Waals surface area contributed by atoms with Gasteiger partial charge < -0.3 is 9.64 Å². The maximum Gasteiger partial charge on any atom is 0.329 e. The predicted molar refractivity (Wildman–Crippen MR) is 60.0 cm³/mol. The molecule has 1 aliphatic rings. The van der Waals surface area contributed by atoms with Gasteiger partial charge in [-0.3, -0.25) is 9.00 Å². The summed E-state index contributed by atoms with van der Waals surface area (Å²) in [6.45, 7) is 5.68. The SMILES string of the molecule is COC(=O)[C@@H]1CS(=O)[C@H](C(C)(C)C)N1C=O. The standard InChI is InChI=1S/C10H17NO4S/c1-10(2,3)9-11(6-12)7(5-16(9)14)8(13)15-4/h6-7,9H,5H2,1-4H3/t7-,9+,16?/m0/s1. The highest BCUT2D eigenvalue weighted by Gasteiger charge is 2.48. The minimum Gasteiger partial charge on any atom is -0.467 e. The summed E-state index contributed by atoms with van der Waals surface area (Å²) < 4.78 is 16.5. The van der Waals surface area contributed by atoms with Crippen molar-refractivity contribution in [3.05, 3.63) is 0 Å². The number of carbonyl (C=O) groups excluding carboxylic acids is 2. The summed E-state index contributed by atoms with van der Waals surface area (Å²) in [7, 11) is 0.0441. The minimum atomic E-state index is -1.22. The summed E-state index contributed by atoms with van der Waals surface area (Å²) in [4.78, 5) is 23.8. The zero-order valence-corrected chi connectivity index (χ0v) is 10.7. The molecule has 0 saturated carbocycles. The first-order valence-corrected chi connectivity index (χ1v) is 6.39. The molecule has 1 aliphatic heterocycles. The molecule has 1 fully saturated rings. The highest BCUT2D eigenvalue weighted by Crippen LogP contribution is 2.33. The van der Waals surface area contributed by atoms with Crippen molar-refractivity contribution in [1.82, 2.24) is 4.90 Å². The topological polar surface area (TPSA) is 63.7 Å². The Morgan fingerprint density at radius 1 is 1.50 bits per heavy atom. The van der Waals surface area contributed by atoms with E-state index < -0.39 is 28.2 Å². The number of esters is 1. The molecule has 0 bridgehead atoms.